The van der Waals surface area contributed by atoms with E-state index in [2.05, 4.69) is 10.3 Å². The summed E-state index contributed by atoms with van der Waals surface area (Å²) in [4.78, 5) is 17.8. The fourth-order valence-electron chi connectivity index (χ4n) is 2.39. The van der Waals surface area contributed by atoms with Gasteiger partial charge in [-0.1, -0.05) is 0 Å². The van der Waals surface area contributed by atoms with Gasteiger partial charge < -0.3 is 19.7 Å². The first-order valence-electron chi connectivity index (χ1n) is 7.92. The first-order chi connectivity index (χ1) is 11.5. The Morgan fingerprint density at radius 2 is 2.12 bits per heavy atom. The zero-order chi connectivity index (χ0) is 18.7. The van der Waals surface area contributed by atoms with Crippen molar-refractivity contribution in [3.8, 4) is 5.75 Å². The van der Waals surface area contributed by atoms with Crippen LogP contribution in [-0.4, -0.2) is 48.6 Å². The van der Waals surface area contributed by atoms with Crippen LogP contribution in [0.1, 0.15) is 27.2 Å². The molecule has 2 rings (SSSR count). The van der Waals surface area contributed by atoms with Gasteiger partial charge in [0.05, 0.1) is 6.04 Å². The zero-order valence-electron chi connectivity index (χ0n) is 14.4. The topological polar surface area (TPSA) is 63.7 Å². The van der Waals surface area contributed by atoms with Crippen molar-refractivity contribution in [3.05, 3.63) is 18.3 Å². The molecule has 6 nitrogen and oxygen atoms in total. The van der Waals surface area contributed by atoms with Gasteiger partial charge in [0, 0.05) is 25.4 Å². The van der Waals surface area contributed by atoms with Gasteiger partial charge in [-0.15, -0.1) is 0 Å². The Kier molecular flexibility index (Phi) is 5.64. The van der Waals surface area contributed by atoms with E-state index in [1.54, 1.807) is 20.8 Å². The van der Waals surface area contributed by atoms with Crippen LogP contribution < -0.4 is 15.0 Å². The van der Waals surface area contributed by atoms with E-state index in [9.17, 15) is 18.0 Å². The Balaban J connectivity index is 1.90. The molecular formula is C16H22F3N3O3. The minimum absolute atomic E-state index is 0.103. The molecule has 1 saturated heterocycles. The highest BCUT2D eigenvalue weighted by Gasteiger charge is 2.29. The highest BCUT2D eigenvalue weighted by molar-refractivity contribution is 5.68. The lowest BCUT2D eigenvalue weighted by atomic mass is 10.2. The quantitative estimate of drug-likeness (QED) is 0.893. The number of aromatic nitrogens is 1. The third-order valence-electron chi connectivity index (χ3n) is 3.35. The predicted octanol–water partition coefficient (Wildman–Crippen LogP) is 3.13. The van der Waals surface area contributed by atoms with Crippen molar-refractivity contribution >= 4 is 11.9 Å². The minimum Gasteiger partial charge on any atom is -0.484 e. The van der Waals surface area contributed by atoms with Gasteiger partial charge in [0.15, 0.2) is 6.61 Å². The Labute approximate surface area is 144 Å². The number of pyridine rings is 1. The number of nitrogens with zero attached hydrogens (tertiary/aromatic N) is 2. The molecular weight excluding hydrogens is 339 g/mol. The number of hydrogen-bond donors (Lipinski definition) is 1. The molecule has 1 N–H and O–H groups in total. The minimum atomic E-state index is -4.39. The summed E-state index contributed by atoms with van der Waals surface area (Å²) in [6.07, 6.45) is -2.79. The van der Waals surface area contributed by atoms with Gasteiger partial charge >= 0.3 is 12.3 Å². The molecule has 1 aliphatic rings. The van der Waals surface area contributed by atoms with Crippen molar-refractivity contribution in [2.24, 2.45) is 0 Å². The lowest BCUT2D eigenvalue weighted by Gasteiger charge is -2.22. The number of alkyl carbamates (subject to hydrolysis) is 1. The Bertz CT molecular complexity index is 602. The van der Waals surface area contributed by atoms with E-state index in [0.717, 1.165) is 0 Å². The van der Waals surface area contributed by atoms with Gasteiger partial charge in [-0.2, -0.15) is 13.2 Å². The summed E-state index contributed by atoms with van der Waals surface area (Å²) in [5, 5.41) is 2.78. The van der Waals surface area contributed by atoms with Gasteiger partial charge in [-0.25, -0.2) is 9.78 Å². The molecule has 1 aliphatic heterocycles. The van der Waals surface area contributed by atoms with E-state index in [4.69, 9.17) is 9.47 Å². The van der Waals surface area contributed by atoms with Crippen LogP contribution in [-0.2, 0) is 4.74 Å². The van der Waals surface area contributed by atoms with E-state index in [-0.39, 0.29) is 11.8 Å². The largest absolute Gasteiger partial charge is 0.484 e. The van der Waals surface area contributed by atoms with Crippen molar-refractivity contribution < 1.29 is 27.4 Å². The molecule has 1 unspecified atom stereocenters. The molecule has 1 aromatic heterocycles. The van der Waals surface area contributed by atoms with Crippen LogP contribution in [0.25, 0.3) is 0 Å². The molecule has 0 aliphatic carbocycles. The number of ether oxygens (including phenoxy) is 2. The molecule has 1 aromatic rings. The summed E-state index contributed by atoms with van der Waals surface area (Å²) in [6, 6.07) is 2.72. The molecule has 0 radical (unpaired) electrons. The third kappa shape index (κ3) is 6.67. The van der Waals surface area contributed by atoms with E-state index < -0.39 is 24.5 Å². The maximum absolute atomic E-state index is 12.2. The molecule has 0 aromatic carbocycles. The molecule has 0 spiro atoms. The van der Waals surface area contributed by atoms with E-state index in [0.29, 0.717) is 25.3 Å². The Morgan fingerprint density at radius 3 is 2.76 bits per heavy atom. The molecule has 0 saturated carbocycles. The number of carbonyl (C=O) groups is 1. The van der Waals surface area contributed by atoms with E-state index in [1.165, 1.54) is 18.3 Å². The van der Waals surface area contributed by atoms with Crippen LogP contribution >= 0.6 is 0 Å². The number of amides is 1. The Hall–Kier alpha value is -2.19. The lowest BCUT2D eigenvalue weighted by Crippen LogP contribution is -2.40. The van der Waals surface area contributed by atoms with Crippen molar-refractivity contribution in [3.63, 3.8) is 0 Å². The fraction of sp³-hybridized carbons (Fsp3) is 0.625. The van der Waals surface area contributed by atoms with Crippen LogP contribution in [0.2, 0.25) is 0 Å². The first kappa shape index (κ1) is 19.1. The van der Waals surface area contributed by atoms with Crippen LogP contribution in [0.3, 0.4) is 0 Å². The van der Waals surface area contributed by atoms with Gasteiger partial charge in [0.25, 0.3) is 0 Å². The van der Waals surface area contributed by atoms with E-state index in [1.807, 2.05) is 4.90 Å². The number of alkyl halides is 3. The molecule has 0 bridgehead atoms. The number of hydrogen-bond acceptors (Lipinski definition) is 5. The second-order valence-electron chi connectivity index (χ2n) is 6.83. The second-order valence-corrected chi connectivity index (χ2v) is 6.83. The number of anilines is 1. The highest BCUT2D eigenvalue weighted by Crippen LogP contribution is 2.24. The summed E-state index contributed by atoms with van der Waals surface area (Å²) in [5.74, 6) is 0.610. The predicted molar refractivity (Wildman–Crippen MR) is 85.8 cm³/mol. The monoisotopic (exact) mass is 361 g/mol. The van der Waals surface area contributed by atoms with Crippen molar-refractivity contribution in [1.29, 1.82) is 0 Å². The molecule has 1 fully saturated rings. The number of rotatable bonds is 4. The van der Waals surface area contributed by atoms with Crippen LogP contribution in [0.15, 0.2) is 18.3 Å². The van der Waals surface area contributed by atoms with Crippen LogP contribution in [0.5, 0.6) is 5.75 Å². The molecule has 1 atom stereocenters. The summed E-state index contributed by atoms with van der Waals surface area (Å²) >= 11 is 0. The molecule has 1 amide bonds. The normalized spacial score (nSPS) is 18.2. The summed E-state index contributed by atoms with van der Waals surface area (Å²) in [5.41, 5.74) is -0.575. The first-order valence-corrected chi connectivity index (χ1v) is 7.92. The maximum atomic E-state index is 12.2. The van der Waals surface area contributed by atoms with Crippen molar-refractivity contribution in [2.45, 2.75) is 45.0 Å². The van der Waals surface area contributed by atoms with Crippen molar-refractivity contribution in [1.82, 2.24) is 10.3 Å². The van der Waals surface area contributed by atoms with Crippen molar-refractivity contribution in [2.75, 3.05) is 24.6 Å². The smallest absolute Gasteiger partial charge is 0.422 e. The third-order valence-corrected chi connectivity index (χ3v) is 3.35. The number of nitrogens with one attached hydrogen (secondary N) is 1. The second kappa shape index (κ2) is 7.37. The summed E-state index contributed by atoms with van der Waals surface area (Å²) < 4.78 is 46.6. The van der Waals surface area contributed by atoms with Gasteiger partial charge in [-0.05, 0) is 33.3 Å². The average molecular weight is 361 g/mol. The number of carbonyl (C=O) groups excluding carboxylic acids is 1. The van der Waals surface area contributed by atoms with Crippen LogP contribution in [0, 0.1) is 0 Å². The van der Waals surface area contributed by atoms with Gasteiger partial charge in [0.1, 0.15) is 17.2 Å². The summed E-state index contributed by atoms with van der Waals surface area (Å²) in [6.45, 7) is 5.11. The Morgan fingerprint density at radius 1 is 1.40 bits per heavy atom. The average Bonchev–Trinajstić information content (AvgIpc) is 2.91. The maximum Gasteiger partial charge on any atom is 0.422 e. The fourth-order valence-corrected chi connectivity index (χ4v) is 2.39. The molecule has 25 heavy (non-hydrogen) atoms. The van der Waals surface area contributed by atoms with E-state index >= 15 is 0 Å². The van der Waals surface area contributed by atoms with Crippen LogP contribution in [0.4, 0.5) is 23.8 Å². The summed E-state index contributed by atoms with van der Waals surface area (Å²) in [7, 11) is 0. The molecule has 2 heterocycles. The molecule has 140 valence electrons. The zero-order valence-corrected chi connectivity index (χ0v) is 14.4. The highest BCUT2D eigenvalue weighted by atomic mass is 19.4. The lowest BCUT2D eigenvalue weighted by molar-refractivity contribution is -0.153. The molecule has 9 heteroatoms. The SMILES string of the molecule is CC(C)(C)OC(=O)NC1CCN(c2cc(OCC(F)(F)F)ccn2)C1. The van der Waals surface area contributed by atoms with Gasteiger partial charge in [-0.3, -0.25) is 0 Å². The number of halogens is 3. The van der Waals surface area contributed by atoms with Gasteiger partial charge in [0.2, 0.25) is 0 Å². The standard InChI is InChI=1S/C16H22F3N3O3/c1-15(2,3)25-14(23)21-11-5-7-22(9-11)13-8-12(4-6-20-13)24-10-16(17,18)19/h4,6,8,11H,5,7,9-10H2,1-3H3,(H,21,23).